The molecule has 0 radical (unpaired) electrons. The van der Waals surface area contributed by atoms with Crippen LogP contribution in [-0.4, -0.2) is 25.9 Å². The minimum absolute atomic E-state index is 0.167. The monoisotopic (exact) mass is 366 g/mol. The van der Waals surface area contributed by atoms with E-state index in [-0.39, 0.29) is 23.5 Å². The molecule has 136 valence electrons. The highest BCUT2D eigenvalue weighted by atomic mass is 32.2. The molecule has 0 fully saturated rings. The number of benzene rings is 1. The second-order valence-corrected chi connectivity index (χ2v) is 7.17. The van der Waals surface area contributed by atoms with Gasteiger partial charge in [-0.2, -0.15) is 0 Å². The van der Waals surface area contributed by atoms with Crippen molar-refractivity contribution in [2.45, 2.75) is 56.6 Å². The van der Waals surface area contributed by atoms with E-state index in [1.807, 2.05) is 13.8 Å². The van der Waals surface area contributed by atoms with Gasteiger partial charge in [0.2, 0.25) is 5.91 Å². The molecule has 0 unspecified atom stereocenters. The van der Waals surface area contributed by atoms with Gasteiger partial charge < -0.3 is 5.32 Å². The van der Waals surface area contributed by atoms with Gasteiger partial charge in [-0.3, -0.25) is 9.36 Å². The fourth-order valence-electron chi connectivity index (χ4n) is 2.28. The normalized spacial score (nSPS) is 13.4. The number of hydrogen-bond donors (Lipinski definition) is 2. The van der Waals surface area contributed by atoms with Crippen LogP contribution in [0.15, 0.2) is 34.2 Å². The third-order valence-electron chi connectivity index (χ3n) is 3.84. The van der Waals surface area contributed by atoms with E-state index >= 15 is 0 Å². The highest BCUT2D eigenvalue weighted by molar-refractivity contribution is 8.00. The van der Waals surface area contributed by atoms with Crippen LogP contribution < -0.4 is 11.0 Å². The molecule has 0 saturated heterocycles. The first-order chi connectivity index (χ1) is 11.9. The number of nitrogens with zero attached hydrogens (tertiary/aromatic N) is 2. The van der Waals surface area contributed by atoms with Gasteiger partial charge in [-0.1, -0.05) is 37.2 Å². The third kappa shape index (κ3) is 5.19. The summed E-state index contributed by atoms with van der Waals surface area (Å²) in [4.78, 5) is 24.2. The Balaban J connectivity index is 1.98. The minimum Gasteiger partial charge on any atom is -0.349 e. The van der Waals surface area contributed by atoms with E-state index in [0.29, 0.717) is 11.7 Å². The topological polar surface area (TPSA) is 79.8 Å². The first-order valence-corrected chi connectivity index (χ1v) is 9.18. The smallest absolute Gasteiger partial charge is 0.343 e. The average Bonchev–Trinajstić information content (AvgIpc) is 2.93. The summed E-state index contributed by atoms with van der Waals surface area (Å²) in [5.41, 5.74) is 0.565. The Kier molecular flexibility index (Phi) is 6.81. The van der Waals surface area contributed by atoms with Crippen molar-refractivity contribution in [3.63, 3.8) is 0 Å². The van der Waals surface area contributed by atoms with Crippen molar-refractivity contribution in [3.05, 3.63) is 46.1 Å². The molecule has 2 N–H and O–H groups in total. The van der Waals surface area contributed by atoms with Gasteiger partial charge in [-0.15, -0.1) is 5.10 Å². The summed E-state index contributed by atoms with van der Waals surface area (Å²) in [7, 11) is 0. The molecule has 1 amide bonds. The molecule has 8 heteroatoms. The van der Waals surface area contributed by atoms with Gasteiger partial charge in [-0.25, -0.2) is 14.3 Å². The number of thioether (sulfide) groups is 1. The standard InChI is InChI=1S/C17H23FN4O2S/c1-4-5-10-22-16(24)20-21-17(22)25-12(3)15(23)19-11(2)13-6-8-14(18)9-7-13/h6-9,11-12H,4-5,10H2,1-3H3,(H,19,23)(H,20,24)/t11-,12+/m1/s1. The van der Waals surface area contributed by atoms with Crippen LogP contribution in [0.1, 0.15) is 45.2 Å². The number of aromatic nitrogens is 3. The third-order valence-corrected chi connectivity index (χ3v) is 4.93. The lowest BCUT2D eigenvalue weighted by Crippen LogP contribution is -2.33. The zero-order valence-corrected chi connectivity index (χ0v) is 15.4. The predicted molar refractivity (Wildman–Crippen MR) is 96.0 cm³/mol. The first kappa shape index (κ1) is 19.2. The summed E-state index contributed by atoms with van der Waals surface area (Å²) in [6, 6.07) is 5.79. The van der Waals surface area contributed by atoms with Crippen molar-refractivity contribution in [2.24, 2.45) is 0 Å². The molecular formula is C17H23FN4O2S. The maximum Gasteiger partial charge on any atom is 0.343 e. The number of rotatable bonds is 8. The molecule has 1 heterocycles. The van der Waals surface area contributed by atoms with Crippen molar-refractivity contribution in [1.29, 1.82) is 0 Å². The summed E-state index contributed by atoms with van der Waals surface area (Å²) >= 11 is 1.24. The summed E-state index contributed by atoms with van der Waals surface area (Å²) in [6.07, 6.45) is 1.84. The Bertz CT molecular complexity index is 757. The molecule has 0 aliphatic rings. The molecule has 0 aliphatic heterocycles. The van der Waals surface area contributed by atoms with Gasteiger partial charge in [-0.05, 0) is 38.0 Å². The van der Waals surface area contributed by atoms with Crippen molar-refractivity contribution >= 4 is 17.7 Å². The molecule has 0 bridgehead atoms. The molecular weight excluding hydrogens is 343 g/mol. The molecule has 2 rings (SSSR count). The maximum atomic E-state index is 13.0. The molecule has 1 aromatic carbocycles. The van der Waals surface area contributed by atoms with Crippen molar-refractivity contribution in [2.75, 3.05) is 0 Å². The number of carbonyl (C=O) groups is 1. The van der Waals surface area contributed by atoms with Crippen LogP contribution >= 0.6 is 11.8 Å². The Morgan fingerprint density at radius 1 is 1.36 bits per heavy atom. The Morgan fingerprint density at radius 2 is 2.04 bits per heavy atom. The SMILES string of the molecule is CCCCn1c(S[C@@H](C)C(=O)N[C@H](C)c2ccc(F)cc2)n[nH]c1=O. The Morgan fingerprint density at radius 3 is 2.68 bits per heavy atom. The van der Waals surface area contributed by atoms with E-state index in [2.05, 4.69) is 15.5 Å². The van der Waals surface area contributed by atoms with E-state index in [9.17, 15) is 14.0 Å². The van der Waals surface area contributed by atoms with Gasteiger partial charge >= 0.3 is 5.69 Å². The molecule has 0 spiro atoms. The van der Waals surface area contributed by atoms with Crippen LogP contribution in [0.2, 0.25) is 0 Å². The molecule has 25 heavy (non-hydrogen) atoms. The zero-order valence-electron chi connectivity index (χ0n) is 14.6. The Hall–Kier alpha value is -2.09. The molecule has 6 nitrogen and oxygen atoms in total. The number of aromatic amines is 1. The van der Waals surface area contributed by atoms with Crippen LogP contribution in [0.5, 0.6) is 0 Å². The fourth-order valence-corrected chi connectivity index (χ4v) is 3.17. The maximum absolute atomic E-state index is 13.0. The molecule has 1 aromatic heterocycles. The molecule has 2 atom stereocenters. The molecule has 0 saturated carbocycles. The van der Waals surface area contributed by atoms with Crippen molar-refractivity contribution in [1.82, 2.24) is 20.1 Å². The highest BCUT2D eigenvalue weighted by Crippen LogP contribution is 2.21. The summed E-state index contributed by atoms with van der Waals surface area (Å²) in [5, 5.41) is 9.43. The second kappa shape index (κ2) is 8.84. The van der Waals surface area contributed by atoms with E-state index in [4.69, 9.17) is 0 Å². The lowest BCUT2D eigenvalue weighted by Gasteiger charge is -2.17. The van der Waals surface area contributed by atoms with Crippen LogP contribution in [0.3, 0.4) is 0 Å². The molecule has 0 aliphatic carbocycles. The number of halogens is 1. The van der Waals surface area contributed by atoms with Crippen molar-refractivity contribution in [3.8, 4) is 0 Å². The lowest BCUT2D eigenvalue weighted by molar-refractivity contribution is -0.120. The first-order valence-electron chi connectivity index (χ1n) is 8.30. The fraction of sp³-hybridized carbons (Fsp3) is 0.471. The van der Waals surface area contributed by atoms with E-state index in [1.165, 1.54) is 23.9 Å². The Labute approximate surface area is 150 Å². The number of H-pyrrole nitrogens is 1. The lowest BCUT2D eigenvalue weighted by atomic mass is 10.1. The summed E-state index contributed by atoms with van der Waals surface area (Å²) in [6.45, 7) is 6.23. The zero-order chi connectivity index (χ0) is 18.4. The summed E-state index contributed by atoms with van der Waals surface area (Å²) < 4.78 is 14.5. The number of hydrogen-bond acceptors (Lipinski definition) is 4. The van der Waals surface area contributed by atoms with Gasteiger partial charge in [0.05, 0.1) is 11.3 Å². The van der Waals surface area contributed by atoms with Crippen LogP contribution in [-0.2, 0) is 11.3 Å². The predicted octanol–water partition coefficient (Wildman–Crippen LogP) is 2.87. The average molecular weight is 366 g/mol. The largest absolute Gasteiger partial charge is 0.349 e. The van der Waals surface area contributed by atoms with E-state index in [1.54, 1.807) is 23.6 Å². The second-order valence-electron chi connectivity index (χ2n) is 5.86. The van der Waals surface area contributed by atoms with Gasteiger partial charge in [0.1, 0.15) is 5.82 Å². The van der Waals surface area contributed by atoms with Gasteiger partial charge in [0.25, 0.3) is 0 Å². The van der Waals surface area contributed by atoms with Crippen LogP contribution in [0.25, 0.3) is 0 Å². The van der Waals surface area contributed by atoms with Crippen LogP contribution in [0.4, 0.5) is 4.39 Å². The quantitative estimate of drug-likeness (QED) is 0.704. The van der Waals surface area contributed by atoms with Gasteiger partial charge in [0, 0.05) is 6.54 Å². The number of nitrogens with one attached hydrogen (secondary N) is 2. The van der Waals surface area contributed by atoms with Gasteiger partial charge in [0.15, 0.2) is 5.16 Å². The molecule has 2 aromatic rings. The number of amides is 1. The van der Waals surface area contributed by atoms with Crippen LogP contribution in [0, 0.1) is 5.82 Å². The van der Waals surface area contributed by atoms with E-state index < -0.39 is 5.25 Å². The minimum atomic E-state index is -0.418. The van der Waals surface area contributed by atoms with E-state index in [0.717, 1.165) is 18.4 Å². The number of unbranched alkanes of at least 4 members (excludes halogenated alkanes) is 1. The number of carbonyl (C=O) groups excluding carboxylic acids is 1. The highest BCUT2D eigenvalue weighted by Gasteiger charge is 2.20. The summed E-state index contributed by atoms with van der Waals surface area (Å²) in [5.74, 6) is -0.478. The van der Waals surface area contributed by atoms with Crippen molar-refractivity contribution < 1.29 is 9.18 Å².